The maximum absolute atomic E-state index is 13.4. The van der Waals surface area contributed by atoms with Gasteiger partial charge in [-0.25, -0.2) is 8.42 Å². The summed E-state index contributed by atoms with van der Waals surface area (Å²) in [6, 6.07) is 25.9. The Morgan fingerprint density at radius 1 is 0.853 bits per heavy atom. The van der Waals surface area contributed by atoms with Gasteiger partial charge in [-0.2, -0.15) is 0 Å². The number of carbonyl (C=O) groups excluding carboxylic acids is 1. The van der Waals surface area contributed by atoms with Crippen LogP contribution in [0.15, 0.2) is 99.4 Å². The molecule has 0 saturated heterocycles. The van der Waals surface area contributed by atoms with Gasteiger partial charge in [-0.3, -0.25) is 9.52 Å². The van der Waals surface area contributed by atoms with E-state index in [1.165, 1.54) is 23.1 Å². The highest BCUT2D eigenvalue weighted by Crippen LogP contribution is 2.37. The minimum Gasteiger partial charge on any atom is -0.324 e. The smallest absolute Gasteiger partial charge is 0.271 e. The quantitative estimate of drug-likeness (QED) is 0.262. The first-order valence-corrected chi connectivity index (χ1v) is 13.8. The van der Waals surface area contributed by atoms with Crippen molar-refractivity contribution in [1.82, 2.24) is 0 Å². The fraction of sp³-hybridized carbons (Fsp3) is 0.115. The molecule has 0 spiro atoms. The van der Waals surface area contributed by atoms with Gasteiger partial charge in [0.05, 0.1) is 0 Å². The SMILES string of the molecule is Cc1cccc(C)c1NC(=O)C(Sc1ccc(NS(=O)(=O)c2cccs2)cc1)c1ccccc1. The van der Waals surface area contributed by atoms with Gasteiger partial charge in [0.2, 0.25) is 5.91 Å². The molecule has 1 unspecified atom stereocenters. The molecule has 0 fully saturated rings. The van der Waals surface area contributed by atoms with Crippen LogP contribution in [0.3, 0.4) is 0 Å². The van der Waals surface area contributed by atoms with Crippen molar-refractivity contribution in [2.75, 3.05) is 10.0 Å². The number of hydrogen-bond acceptors (Lipinski definition) is 5. The number of anilines is 2. The van der Waals surface area contributed by atoms with Crippen molar-refractivity contribution < 1.29 is 13.2 Å². The minimum absolute atomic E-state index is 0.115. The summed E-state index contributed by atoms with van der Waals surface area (Å²) in [5, 5.41) is 4.35. The fourth-order valence-electron chi connectivity index (χ4n) is 3.46. The highest BCUT2D eigenvalue weighted by molar-refractivity contribution is 8.00. The number of thiophene rings is 1. The predicted molar refractivity (Wildman–Crippen MR) is 141 cm³/mol. The summed E-state index contributed by atoms with van der Waals surface area (Å²) in [5.74, 6) is -0.115. The molecule has 1 aromatic heterocycles. The van der Waals surface area contributed by atoms with Gasteiger partial charge < -0.3 is 5.32 Å². The lowest BCUT2D eigenvalue weighted by Gasteiger charge is -2.19. The van der Waals surface area contributed by atoms with Crippen LogP contribution in [-0.4, -0.2) is 14.3 Å². The van der Waals surface area contributed by atoms with Crippen LogP contribution in [0, 0.1) is 13.8 Å². The molecule has 1 atom stereocenters. The third kappa shape index (κ3) is 5.70. The van der Waals surface area contributed by atoms with Gasteiger partial charge in [-0.15, -0.1) is 23.1 Å². The molecule has 5 nitrogen and oxygen atoms in total. The number of carbonyl (C=O) groups is 1. The molecule has 1 heterocycles. The van der Waals surface area contributed by atoms with Gasteiger partial charge in [0.25, 0.3) is 10.0 Å². The molecular formula is C26H24N2O3S3. The van der Waals surface area contributed by atoms with E-state index in [9.17, 15) is 13.2 Å². The van der Waals surface area contributed by atoms with E-state index in [4.69, 9.17) is 0 Å². The molecule has 0 saturated carbocycles. The molecule has 0 aliphatic carbocycles. The van der Waals surface area contributed by atoms with E-state index in [0.717, 1.165) is 27.3 Å². The van der Waals surface area contributed by atoms with Gasteiger partial charge in [0, 0.05) is 16.3 Å². The Hall–Kier alpha value is -3.07. The lowest BCUT2D eigenvalue weighted by molar-refractivity contribution is -0.115. The normalized spacial score (nSPS) is 12.2. The maximum Gasteiger partial charge on any atom is 0.271 e. The molecule has 1 amide bonds. The monoisotopic (exact) mass is 508 g/mol. The van der Waals surface area contributed by atoms with Crippen LogP contribution in [-0.2, 0) is 14.8 Å². The van der Waals surface area contributed by atoms with Crippen LogP contribution < -0.4 is 10.0 Å². The van der Waals surface area contributed by atoms with Crippen LogP contribution in [0.1, 0.15) is 21.9 Å². The zero-order valence-electron chi connectivity index (χ0n) is 18.7. The Bertz CT molecular complexity index is 1350. The molecule has 174 valence electrons. The number of sulfonamides is 1. The molecule has 2 N–H and O–H groups in total. The molecular weight excluding hydrogens is 484 g/mol. The molecule has 0 aliphatic heterocycles. The minimum atomic E-state index is -3.61. The van der Waals surface area contributed by atoms with Crippen molar-refractivity contribution in [3.63, 3.8) is 0 Å². The van der Waals surface area contributed by atoms with Crippen molar-refractivity contribution in [3.05, 3.63) is 107 Å². The highest BCUT2D eigenvalue weighted by atomic mass is 32.2. The lowest BCUT2D eigenvalue weighted by Crippen LogP contribution is -2.20. The Morgan fingerprint density at radius 3 is 2.15 bits per heavy atom. The molecule has 0 radical (unpaired) electrons. The van der Waals surface area contributed by atoms with Gasteiger partial charge in [-0.1, -0.05) is 54.6 Å². The van der Waals surface area contributed by atoms with E-state index in [2.05, 4.69) is 10.0 Å². The topological polar surface area (TPSA) is 75.3 Å². The molecule has 4 aromatic rings. The summed E-state index contributed by atoms with van der Waals surface area (Å²) in [5.41, 5.74) is 4.19. The third-order valence-corrected chi connectivity index (χ3v) is 9.24. The Kier molecular flexibility index (Phi) is 7.41. The summed E-state index contributed by atoms with van der Waals surface area (Å²) in [6.45, 7) is 3.95. The highest BCUT2D eigenvalue weighted by Gasteiger charge is 2.23. The second kappa shape index (κ2) is 10.5. The number of hydrogen-bond donors (Lipinski definition) is 2. The van der Waals surface area contributed by atoms with Crippen LogP contribution in [0.2, 0.25) is 0 Å². The van der Waals surface area contributed by atoms with Crippen LogP contribution in [0.5, 0.6) is 0 Å². The van der Waals surface area contributed by atoms with Crippen LogP contribution in [0.4, 0.5) is 11.4 Å². The van der Waals surface area contributed by atoms with Gasteiger partial charge in [0.1, 0.15) is 9.46 Å². The molecule has 34 heavy (non-hydrogen) atoms. The van der Waals surface area contributed by atoms with Crippen molar-refractivity contribution in [2.45, 2.75) is 28.2 Å². The van der Waals surface area contributed by atoms with Crippen molar-refractivity contribution >= 4 is 50.4 Å². The second-order valence-corrected chi connectivity index (χ2v) is 11.8. The second-order valence-electron chi connectivity index (χ2n) is 7.73. The maximum atomic E-state index is 13.4. The number of rotatable bonds is 8. The first kappa shape index (κ1) is 24.1. The summed E-state index contributed by atoms with van der Waals surface area (Å²) >= 11 is 2.58. The van der Waals surface area contributed by atoms with Crippen molar-refractivity contribution in [2.24, 2.45) is 0 Å². The molecule has 0 aliphatic rings. The average Bonchev–Trinajstić information content (AvgIpc) is 3.38. The van der Waals surface area contributed by atoms with E-state index < -0.39 is 15.3 Å². The Labute approximate surface area is 208 Å². The van der Waals surface area contributed by atoms with E-state index in [-0.39, 0.29) is 10.1 Å². The number of nitrogens with one attached hydrogen (secondary N) is 2. The first-order valence-electron chi connectivity index (χ1n) is 10.6. The zero-order chi connectivity index (χ0) is 24.1. The van der Waals surface area contributed by atoms with E-state index in [1.54, 1.807) is 29.6 Å². The molecule has 4 rings (SSSR count). The van der Waals surface area contributed by atoms with Gasteiger partial charge in [-0.05, 0) is 66.2 Å². The zero-order valence-corrected chi connectivity index (χ0v) is 21.1. The summed E-state index contributed by atoms with van der Waals surface area (Å²) in [7, 11) is -3.61. The summed E-state index contributed by atoms with van der Waals surface area (Å²) < 4.78 is 27.8. The van der Waals surface area contributed by atoms with Crippen molar-refractivity contribution in [1.29, 1.82) is 0 Å². The molecule has 8 heteroatoms. The van der Waals surface area contributed by atoms with E-state index in [1.807, 2.05) is 74.5 Å². The van der Waals surface area contributed by atoms with Crippen LogP contribution >= 0.6 is 23.1 Å². The van der Waals surface area contributed by atoms with Gasteiger partial charge >= 0.3 is 0 Å². The molecule has 3 aromatic carbocycles. The van der Waals surface area contributed by atoms with Crippen LogP contribution in [0.25, 0.3) is 0 Å². The van der Waals surface area contributed by atoms with E-state index in [0.29, 0.717) is 5.69 Å². The fourth-order valence-corrected chi connectivity index (χ4v) is 6.54. The van der Waals surface area contributed by atoms with E-state index >= 15 is 0 Å². The summed E-state index contributed by atoms with van der Waals surface area (Å²) in [6.07, 6.45) is 0. The molecule has 0 bridgehead atoms. The predicted octanol–water partition coefficient (Wildman–Crippen LogP) is 6.64. The average molecular weight is 509 g/mol. The van der Waals surface area contributed by atoms with Gasteiger partial charge in [0.15, 0.2) is 0 Å². The lowest BCUT2D eigenvalue weighted by atomic mass is 10.1. The number of amides is 1. The largest absolute Gasteiger partial charge is 0.324 e. The standard InChI is InChI=1S/C26H24N2O3S3/c1-18-8-6-9-19(2)24(18)27-26(29)25(20-10-4-3-5-11-20)33-22-15-13-21(14-16-22)28-34(30,31)23-12-7-17-32-23/h3-17,25,28H,1-2H3,(H,27,29). The number of aryl methyl sites for hydroxylation is 2. The first-order chi connectivity index (χ1) is 16.3. The number of benzene rings is 3. The van der Waals surface area contributed by atoms with Crippen molar-refractivity contribution in [3.8, 4) is 0 Å². The Morgan fingerprint density at radius 2 is 1.53 bits per heavy atom. The number of thioether (sulfide) groups is 1. The Balaban J connectivity index is 1.54. The summed E-state index contributed by atoms with van der Waals surface area (Å²) in [4.78, 5) is 14.2. The third-order valence-electron chi connectivity index (χ3n) is 5.19. The number of para-hydroxylation sites is 1.